The van der Waals surface area contributed by atoms with E-state index in [1.54, 1.807) is 7.05 Å². The summed E-state index contributed by atoms with van der Waals surface area (Å²) in [4.78, 5) is 61.2. The van der Waals surface area contributed by atoms with Gasteiger partial charge in [-0.25, -0.2) is 4.79 Å². The molecule has 12 nitrogen and oxygen atoms in total. The van der Waals surface area contributed by atoms with Crippen molar-refractivity contribution in [2.75, 3.05) is 20.2 Å². The average molecular weight is 427 g/mol. The minimum Gasteiger partial charge on any atom is -0.463 e. The van der Waals surface area contributed by atoms with Gasteiger partial charge in [0.05, 0.1) is 5.56 Å². The van der Waals surface area contributed by atoms with E-state index in [2.05, 4.69) is 10.3 Å². The first-order chi connectivity index (χ1) is 14.1. The molecule has 0 spiro atoms. The van der Waals surface area contributed by atoms with Crippen LogP contribution in [0.25, 0.3) is 0 Å². The number of carbonyl (C=O) groups excluding carboxylic acids is 3. The van der Waals surface area contributed by atoms with Crippen LogP contribution in [0.2, 0.25) is 0 Å². The van der Waals surface area contributed by atoms with Crippen molar-refractivity contribution in [1.82, 2.24) is 14.9 Å². The molecule has 2 N–H and O–H groups in total. The first-order valence-corrected chi connectivity index (χ1v) is 9.25. The van der Waals surface area contributed by atoms with Crippen molar-refractivity contribution >= 4 is 17.9 Å². The molecule has 4 atom stereocenters. The van der Waals surface area contributed by atoms with E-state index in [9.17, 15) is 24.0 Å². The van der Waals surface area contributed by atoms with Crippen LogP contribution in [-0.4, -0.2) is 66.0 Å². The molecular weight excluding hydrogens is 402 g/mol. The van der Waals surface area contributed by atoms with E-state index >= 15 is 0 Å². The lowest BCUT2D eigenvalue weighted by molar-refractivity contribution is -0.165. The third-order valence-electron chi connectivity index (χ3n) is 4.31. The maximum Gasteiger partial charge on any atom is 0.328 e. The predicted molar refractivity (Wildman–Crippen MR) is 101 cm³/mol. The highest BCUT2D eigenvalue weighted by atomic mass is 16.6. The van der Waals surface area contributed by atoms with Crippen LogP contribution in [0.4, 0.5) is 0 Å². The van der Waals surface area contributed by atoms with Gasteiger partial charge in [-0.05, 0) is 7.05 Å². The molecule has 1 saturated heterocycles. The normalized spacial score (nSPS) is 23.1. The van der Waals surface area contributed by atoms with Gasteiger partial charge >= 0.3 is 23.6 Å². The van der Waals surface area contributed by atoms with Gasteiger partial charge in [-0.1, -0.05) is 0 Å². The summed E-state index contributed by atoms with van der Waals surface area (Å²) >= 11 is 0. The van der Waals surface area contributed by atoms with E-state index in [0.717, 1.165) is 13.8 Å². The fourth-order valence-electron chi connectivity index (χ4n) is 3.09. The minimum absolute atomic E-state index is 0.000528. The Hall–Kier alpha value is -2.99. The molecule has 0 aliphatic carbocycles. The fraction of sp³-hybridized carbons (Fsp3) is 0.611. The molecular formula is C18H25N3O9. The van der Waals surface area contributed by atoms with Crippen molar-refractivity contribution in [3.05, 3.63) is 32.6 Å². The monoisotopic (exact) mass is 427 g/mol. The molecule has 0 bridgehead atoms. The summed E-state index contributed by atoms with van der Waals surface area (Å²) in [5.41, 5.74) is -1.36. The summed E-state index contributed by atoms with van der Waals surface area (Å²) in [5, 5.41) is 2.89. The van der Waals surface area contributed by atoms with Crippen molar-refractivity contribution in [1.29, 1.82) is 0 Å². The molecule has 30 heavy (non-hydrogen) atoms. The van der Waals surface area contributed by atoms with Crippen LogP contribution in [0.3, 0.4) is 0 Å². The summed E-state index contributed by atoms with van der Waals surface area (Å²) in [7, 11) is 1.71. The van der Waals surface area contributed by atoms with E-state index in [4.69, 9.17) is 18.9 Å². The van der Waals surface area contributed by atoms with Crippen molar-refractivity contribution < 1.29 is 33.3 Å². The Balaban J connectivity index is 2.48. The molecule has 1 aliphatic rings. The number of hydrogen-bond acceptors (Lipinski definition) is 10. The van der Waals surface area contributed by atoms with Gasteiger partial charge in [0, 0.05) is 40.1 Å². The number of nitrogens with zero attached hydrogens (tertiary/aromatic N) is 1. The third-order valence-corrected chi connectivity index (χ3v) is 4.31. The van der Waals surface area contributed by atoms with Crippen LogP contribution in [0.15, 0.2) is 15.8 Å². The quantitative estimate of drug-likeness (QED) is 0.375. The van der Waals surface area contributed by atoms with E-state index in [1.165, 1.54) is 17.7 Å². The van der Waals surface area contributed by atoms with Crippen LogP contribution in [0.1, 0.15) is 32.4 Å². The van der Waals surface area contributed by atoms with Gasteiger partial charge in [0.25, 0.3) is 5.56 Å². The standard InChI is InChI=1S/C18H25N3O9/c1-9(22)27-8-13-15(28-10(2)23)16(29-11(3)24)14(30-13)12-7-21(6-5-19-4)18(26)20-17(12)25/h7,13-16,19H,5-6,8H2,1-4H3,(H,20,25,26)/t13-,14+,15?,16?/m1/s1. The number of likely N-dealkylation sites (N-methyl/N-ethyl adjacent to an activating group) is 1. The van der Waals surface area contributed by atoms with Crippen LogP contribution in [-0.2, 0) is 39.9 Å². The Morgan fingerprint density at radius 3 is 2.30 bits per heavy atom. The molecule has 1 fully saturated rings. The summed E-state index contributed by atoms with van der Waals surface area (Å²) < 4.78 is 22.6. The first-order valence-electron chi connectivity index (χ1n) is 9.25. The molecule has 0 saturated carbocycles. The Morgan fingerprint density at radius 2 is 1.73 bits per heavy atom. The fourth-order valence-corrected chi connectivity index (χ4v) is 3.09. The first kappa shape index (κ1) is 23.3. The highest BCUT2D eigenvalue weighted by molar-refractivity contribution is 5.68. The maximum absolute atomic E-state index is 12.5. The van der Waals surface area contributed by atoms with Gasteiger partial charge in [0.15, 0.2) is 12.2 Å². The summed E-state index contributed by atoms with van der Waals surface area (Å²) in [6.07, 6.45) is -3.18. The molecule has 0 amide bonds. The van der Waals surface area contributed by atoms with E-state index in [1.807, 2.05) is 0 Å². The SMILES string of the molecule is CNCCn1cc([C@@H]2O[C@H](COC(C)=O)C(OC(C)=O)C2OC(C)=O)c(=O)[nH]c1=O. The van der Waals surface area contributed by atoms with Crippen molar-refractivity contribution in [3.8, 4) is 0 Å². The Morgan fingerprint density at radius 1 is 1.10 bits per heavy atom. The maximum atomic E-state index is 12.5. The number of ether oxygens (including phenoxy) is 4. The second-order valence-corrected chi connectivity index (χ2v) is 6.69. The number of hydrogen-bond donors (Lipinski definition) is 2. The Bertz CT molecular complexity index is 907. The second-order valence-electron chi connectivity index (χ2n) is 6.69. The summed E-state index contributed by atoms with van der Waals surface area (Å²) in [5.74, 6) is -1.97. The number of nitrogens with one attached hydrogen (secondary N) is 2. The van der Waals surface area contributed by atoms with Crippen molar-refractivity contribution in [2.24, 2.45) is 0 Å². The van der Waals surface area contributed by atoms with Crippen molar-refractivity contribution in [3.63, 3.8) is 0 Å². The molecule has 2 unspecified atom stereocenters. The summed E-state index contributed by atoms with van der Waals surface area (Å²) in [6, 6.07) is 0. The van der Waals surface area contributed by atoms with Crippen LogP contribution in [0, 0.1) is 0 Å². The van der Waals surface area contributed by atoms with Crippen molar-refractivity contribution in [2.45, 2.75) is 51.7 Å². The highest BCUT2D eigenvalue weighted by Crippen LogP contribution is 2.36. The Kier molecular flexibility index (Phi) is 7.89. The van der Waals surface area contributed by atoms with Gasteiger partial charge in [0.2, 0.25) is 0 Å². The lowest BCUT2D eigenvalue weighted by Gasteiger charge is -2.23. The molecule has 1 aromatic heterocycles. The molecule has 1 aromatic rings. The zero-order valence-corrected chi connectivity index (χ0v) is 17.1. The Labute approximate surface area is 171 Å². The van der Waals surface area contributed by atoms with E-state index < -0.39 is 53.6 Å². The lowest BCUT2D eigenvalue weighted by atomic mass is 10.0. The number of aromatic amines is 1. The average Bonchev–Trinajstić information content (AvgIpc) is 2.95. The third kappa shape index (κ3) is 5.76. The van der Waals surface area contributed by atoms with Gasteiger partial charge in [-0.3, -0.25) is 28.7 Å². The molecule has 0 aromatic carbocycles. The van der Waals surface area contributed by atoms with E-state index in [-0.39, 0.29) is 18.7 Å². The summed E-state index contributed by atoms with van der Waals surface area (Å²) in [6.45, 7) is 3.92. The highest BCUT2D eigenvalue weighted by Gasteiger charge is 2.51. The van der Waals surface area contributed by atoms with Crippen LogP contribution < -0.4 is 16.6 Å². The minimum atomic E-state index is -1.19. The smallest absolute Gasteiger partial charge is 0.328 e. The number of H-pyrrole nitrogens is 1. The lowest BCUT2D eigenvalue weighted by Crippen LogP contribution is -2.41. The molecule has 0 radical (unpaired) electrons. The van der Waals surface area contributed by atoms with Gasteiger partial charge in [0.1, 0.15) is 18.8 Å². The molecule has 1 aliphatic heterocycles. The zero-order chi connectivity index (χ0) is 22.4. The zero-order valence-electron chi connectivity index (χ0n) is 17.1. The van der Waals surface area contributed by atoms with Gasteiger partial charge < -0.3 is 24.3 Å². The number of rotatable bonds is 8. The van der Waals surface area contributed by atoms with E-state index in [0.29, 0.717) is 6.54 Å². The largest absolute Gasteiger partial charge is 0.463 e. The number of aromatic nitrogens is 2. The molecule has 2 heterocycles. The number of carbonyl (C=O) groups is 3. The predicted octanol–water partition coefficient (Wildman–Crippen LogP) is -1.38. The van der Waals surface area contributed by atoms with Crippen LogP contribution >= 0.6 is 0 Å². The molecule has 166 valence electrons. The van der Waals surface area contributed by atoms with Gasteiger partial charge in [-0.15, -0.1) is 0 Å². The molecule has 2 rings (SSSR count). The van der Waals surface area contributed by atoms with Crippen LogP contribution in [0.5, 0.6) is 0 Å². The topological polar surface area (TPSA) is 155 Å². The second kappa shape index (κ2) is 10.2. The van der Waals surface area contributed by atoms with Gasteiger partial charge in [-0.2, -0.15) is 0 Å². The number of esters is 3. The molecule has 12 heteroatoms.